The van der Waals surface area contributed by atoms with E-state index in [0.717, 1.165) is 18.7 Å². The first-order chi connectivity index (χ1) is 10.7. The van der Waals surface area contributed by atoms with Crippen molar-refractivity contribution < 1.29 is 8.78 Å². The van der Waals surface area contributed by atoms with Crippen molar-refractivity contribution in [3.8, 4) is 0 Å². The van der Waals surface area contributed by atoms with Gasteiger partial charge >= 0.3 is 0 Å². The van der Waals surface area contributed by atoms with E-state index in [1.807, 2.05) is 0 Å². The SMILES string of the molecule is C=C(Nc1cc(C)nc2nc(Cl)cnc12)S/C(=C\C)C(C)(F)F. The van der Waals surface area contributed by atoms with Crippen LogP contribution in [0.25, 0.3) is 11.2 Å². The molecule has 0 aromatic carbocycles. The molecule has 0 aliphatic heterocycles. The summed E-state index contributed by atoms with van der Waals surface area (Å²) in [5, 5.41) is 3.57. The number of halogens is 3. The number of allylic oxidation sites excluding steroid dienone is 2. The summed E-state index contributed by atoms with van der Waals surface area (Å²) >= 11 is 6.70. The molecule has 0 amide bonds. The van der Waals surface area contributed by atoms with Gasteiger partial charge in [0.25, 0.3) is 5.92 Å². The molecule has 0 radical (unpaired) electrons. The summed E-state index contributed by atoms with van der Waals surface area (Å²) in [6, 6.07) is 1.75. The third-order valence-corrected chi connectivity index (χ3v) is 4.16. The van der Waals surface area contributed by atoms with Crippen LogP contribution in [0, 0.1) is 6.92 Å². The molecule has 0 unspecified atom stereocenters. The van der Waals surface area contributed by atoms with Crippen molar-refractivity contribution in [1.82, 2.24) is 15.0 Å². The van der Waals surface area contributed by atoms with Crippen LogP contribution in [0.4, 0.5) is 14.5 Å². The molecule has 0 bridgehead atoms. The summed E-state index contributed by atoms with van der Waals surface area (Å²) < 4.78 is 26.9. The van der Waals surface area contributed by atoms with E-state index in [2.05, 4.69) is 26.8 Å². The molecule has 0 spiro atoms. The molecule has 0 atom stereocenters. The second-order valence-corrected chi connectivity index (χ2v) is 6.39. The van der Waals surface area contributed by atoms with Crippen LogP contribution in [0.5, 0.6) is 0 Å². The zero-order chi connectivity index (χ0) is 17.2. The minimum absolute atomic E-state index is 0.0841. The Hall–Kier alpha value is -1.73. The fraction of sp³-hybridized carbons (Fsp3) is 0.267. The van der Waals surface area contributed by atoms with Gasteiger partial charge in [-0.1, -0.05) is 36.0 Å². The van der Waals surface area contributed by atoms with Crippen molar-refractivity contribution >= 4 is 40.2 Å². The number of aryl methyl sites for hydroxylation is 1. The molecule has 0 saturated carbocycles. The Labute approximate surface area is 142 Å². The largest absolute Gasteiger partial charge is 0.349 e. The van der Waals surface area contributed by atoms with E-state index < -0.39 is 5.92 Å². The summed E-state index contributed by atoms with van der Waals surface area (Å²) in [5.41, 5.74) is 2.15. The molecule has 0 saturated heterocycles. The van der Waals surface area contributed by atoms with Gasteiger partial charge in [0.2, 0.25) is 0 Å². The van der Waals surface area contributed by atoms with E-state index >= 15 is 0 Å². The van der Waals surface area contributed by atoms with Crippen molar-refractivity contribution in [3.63, 3.8) is 0 Å². The van der Waals surface area contributed by atoms with E-state index in [1.165, 1.54) is 12.3 Å². The lowest BCUT2D eigenvalue weighted by Crippen LogP contribution is -2.12. The monoisotopic (exact) mass is 356 g/mol. The molecule has 0 fully saturated rings. The molecule has 2 aromatic rings. The number of anilines is 1. The first kappa shape index (κ1) is 17.6. The lowest BCUT2D eigenvalue weighted by Gasteiger charge is -2.17. The zero-order valence-electron chi connectivity index (χ0n) is 12.8. The first-order valence-electron chi connectivity index (χ1n) is 6.69. The quantitative estimate of drug-likeness (QED) is 0.801. The number of pyridine rings is 1. The van der Waals surface area contributed by atoms with Crippen LogP contribution < -0.4 is 5.32 Å². The Balaban J connectivity index is 2.30. The minimum atomic E-state index is -2.92. The van der Waals surface area contributed by atoms with Crippen molar-refractivity contribution in [1.29, 1.82) is 0 Å². The average molecular weight is 357 g/mol. The van der Waals surface area contributed by atoms with Crippen LogP contribution in [0.3, 0.4) is 0 Å². The van der Waals surface area contributed by atoms with Gasteiger partial charge in [-0.15, -0.1) is 0 Å². The van der Waals surface area contributed by atoms with E-state index in [0.29, 0.717) is 27.6 Å². The van der Waals surface area contributed by atoms with Crippen molar-refractivity contribution in [2.45, 2.75) is 26.7 Å². The highest BCUT2D eigenvalue weighted by Gasteiger charge is 2.28. The molecule has 2 rings (SSSR count). The van der Waals surface area contributed by atoms with Crippen molar-refractivity contribution in [2.75, 3.05) is 5.32 Å². The fourth-order valence-corrected chi connectivity index (χ4v) is 2.76. The number of fused-ring (bicyclic) bond motifs is 1. The molecule has 2 heterocycles. The maximum absolute atomic E-state index is 13.4. The third kappa shape index (κ3) is 4.39. The predicted octanol–water partition coefficient (Wildman–Crippen LogP) is 5.16. The van der Waals surface area contributed by atoms with Gasteiger partial charge in [-0.05, 0) is 19.9 Å². The number of thioether (sulfide) groups is 1. The highest BCUT2D eigenvalue weighted by molar-refractivity contribution is 8.06. The van der Waals surface area contributed by atoms with Gasteiger partial charge in [-0.25, -0.2) is 23.7 Å². The van der Waals surface area contributed by atoms with Gasteiger partial charge in [0.1, 0.15) is 10.7 Å². The Bertz CT molecular complexity index is 782. The Morgan fingerprint density at radius 3 is 2.74 bits per heavy atom. The lowest BCUT2D eigenvalue weighted by molar-refractivity contribution is 0.0730. The molecule has 0 aliphatic carbocycles. The fourth-order valence-electron chi connectivity index (χ4n) is 1.91. The van der Waals surface area contributed by atoms with E-state index in [9.17, 15) is 8.78 Å². The summed E-state index contributed by atoms with van der Waals surface area (Å²) in [6.07, 6.45) is 2.77. The minimum Gasteiger partial charge on any atom is -0.349 e. The third-order valence-electron chi connectivity index (χ3n) is 2.82. The van der Waals surface area contributed by atoms with E-state index in [1.54, 1.807) is 19.9 Å². The van der Waals surface area contributed by atoms with Gasteiger partial charge in [-0.3, -0.25) is 0 Å². The first-order valence-corrected chi connectivity index (χ1v) is 7.88. The highest BCUT2D eigenvalue weighted by Crippen LogP contribution is 2.37. The summed E-state index contributed by atoms with van der Waals surface area (Å²) in [4.78, 5) is 12.5. The van der Waals surface area contributed by atoms with E-state index in [-0.39, 0.29) is 10.1 Å². The maximum Gasteiger partial charge on any atom is 0.276 e. The van der Waals surface area contributed by atoms with E-state index in [4.69, 9.17) is 11.6 Å². The van der Waals surface area contributed by atoms with Crippen LogP contribution >= 0.6 is 23.4 Å². The van der Waals surface area contributed by atoms with Crippen LogP contribution in [0.1, 0.15) is 19.5 Å². The molecule has 23 heavy (non-hydrogen) atoms. The number of hydrogen-bond acceptors (Lipinski definition) is 5. The van der Waals surface area contributed by atoms with Gasteiger partial charge in [0.15, 0.2) is 5.65 Å². The molecular weight excluding hydrogens is 342 g/mol. The van der Waals surface area contributed by atoms with Crippen molar-refractivity contribution in [2.24, 2.45) is 0 Å². The second-order valence-electron chi connectivity index (χ2n) is 4.87. The van der Waals surface area contributed by atoms with Gasteiger partial charge in [0, 0.05) is 12.6 Å². The van der Waals surface area contributed by atoms with Crippen LogP contribution in [0.15, 0.2) is 34.9 Å². The van der Waals surface area contributed by atoms with Crippen LogP contribution in [-0.4, -0.2) is 20.9 Å². The number of hydrogen-bond donors (Lipinski definition) is 1. The van der Waals surface area contributed by atoms with Crippen LogP contribution in [-0.2, 0) is 0 Å². The Morgan fingerprint density at radius 1 is 1.43 bits per heavy atom. The number of nitrogens with zero attached hydrogens (tertiary/aromatic N) is 3. The lowest BCUT2D eigenvalue weighted by atomic mass is 10.3. The number of aromatic nitrogens is 3. The van der Waals surface area contributed by atoms with Crippen LogP contribution in [0.2, 0.25) is 5.15 Å². The normalized spacial score (nSPS) is 12.5. The molecule has 4 nitrogen and oxygen atoms in total. The molecular formula is C15H15ClF2N4S. The van der Waals surface area contributed by atoms with Gasteiger partial charge in [-0.2, -0.15) is 0 Å². The zero-order valence-corrected chi connectivity index (χ0v) is 14.4. The van der Waals surface area contributed by atoms with Gasteiger partial charge in [0.05, 0.1) is 21.8 Å². The number of nitrogens with one attached hydrogen (secondary N) is 1. The summed E-state index contributed by atoms with van der Waals surface area (Å²) in [5.74, 6) is -2.92. The summed E-state index contributed by atoms with van der Waals surface area (Å²) in [6.45, 7) is 7.99. The molecule has 122 valence electrons. The maximum atomic E-state index is 13.4. The predicted molar refractivity (Wildman–Crippen MR) is 91.8 cm³/mol. The second kappa shape index (κ2) is 6.80. The molecule has 0 aliphatic rings. The standard InChI is InChI=1S/C15H15ClF2N4S/c1-5-11(15(4,17)18)23-9(3)21-10-6-8(2)20-14-13(10)19-7-12(16)22-14/h5-7H,3H2,1-2,4H3,(H,20,21,22)/b11-5-. The Kier molecular flexibility index (Phi) is 5.21. The Morgan fingerprint density at radius 2 is 2.13 bits per heavy atom. The van der Waals surface area contributed by atoms with Gasteiger partial charge < -0.3 is 5.32 Å². The topological polar surface area (TPSA) is 50.7 Å². The average Bonchev–Trinajstić information content (AvgIpc) is 2.42. The number of rotatable bonds is 5. The molecule has 1 N–H and O–H groups in total. The molecule has 8 heteroatoms. The van der Waals surface area contributed by atoms with Crippen molar-refractivity contribution in [3.05, 3.63) is 45.7 Å². The highest BCUT2D eigenvalue weighted by atomic mass is 35.5. The number of alkyl halides is 2. The molecule has 2 aromatic heterocycles. The smallest absolute Gasteiger partial charge is 0.276 e. The summed E-state index contributed by atoms with van der Waals surface area (Å²) in [7, 11) is 0.